The van der Waals surface area contributed by atoms with Gasteiger partial charge in [0.05, 0.1) is 29.5 Å². The van der Waals surface area contributed by atoms with Crippen LogP contribution in [0.15, 0.2) is 68.7 Å². The van der Waals surface area contributed by atoms with E-state index in [2.05, 4.69) is 50.1 Å². The predicted molar refractivity (Wildman–Crippen MR) is 104 cm³/mol. The van der Waals surface area contributed by atoms with Gasteiger partial charge in [-0.15, -0.1) is 0 Å². The summed E-state index contributed by atoms with van der Waals surface area (Å²) in [4.78, 5) is 0. The summed E-state index contributed by atoms with van der Waals surface area (Å²) < 4.78 is 1.57. The third-order valence-electron chi connectivity index (χ3n) is 4.78. The van der Waals surface area contributed by atoms with Crippen LogP contribution in [0.25, 0.3) is 0 Å². The molecule has 0 aliphatic heterocycles. The number of rotatable bonds is 2. The lowest BCUT2D eigenvalue weighted by molar-refractivity contribution is 0.473. The van der Waals surface area contributed by atoms with Crippen LogP contribution in [0.3, 0.4) is 0 Å². The summed E-state index contributed by atoms with van der Waals surface area (Å²) in [6.45, 7) is 0. The maximum Gasteiger partial charge on any atom is 0.191 e. The highest BCUT2D eigenvalue weighted by Crippen LogP contribution is 2.59. The van der Waals surface area contributed by atoms with E-state index in [-0.39, 0.29) is 11.3 Å². The number of hydrogen-bond acceptors (Lipinski definition) is 4. The molecule has 6 heteroatoms. The fourth-order valence-electron chi connectivity index (χ4n) is 3.58. The highest BCUT2D eigenvalue weighted by atomic mass is 79.9. The molecular formula is C20H12Br2N4. The van der Waals surface area contributed by atoms with Crippen LogP contribution in [0.2, 0.25) is 0 Å². The lowest BCUT2D eigenvalue weighted by atomic mass is 9.70. The number of benzene rings is 2. The molecule has 2 N–H and O–H groups in total. The molecule has 2 atom stereocenters. The second kappa shape index (κ2) is 6.96. The Bertz CT molecular complexity index is 1020. The largest absolute Gasteiger partial charge is 0.399 e. The van der Waals surface area contributed by atoms with Gasteiger partial charge in [0.15, 0.2) is 5.41 Å². The first-order chi connectivity index (χ1) is 12.5. The van der Waals surface area contributed by atoms with Crippen LogP contribution in [0.4, 0.5) is 0 Å². The van der Waals surface area contributed by atoms with Gasteiger partial charge in [0.25, 0.3) is 0 Å². The van der Waals surface area contributed by atoms with Gasteiger partial charge in [0.1, 0.15) is 0 Å². The Hall–Kier alpha value is -2.59. The molecule has 0 aromatic heterocycles. The fraction of sp³-hybridized carbons (Fsp3) is 0.150. The molecule has 1 aliphatic carbocycles. The van der Waals surface area contributed by atoms with Crippen molar-refractivity contribution in [1.29, 1.82) is 15.8 Å². The molecule has 0 bridgehead atoms. The molecule has 0 radical (unpaired) electrons. The minimum Gasteiger partial charge on any atom is -0.399 e. The number of allylic oxidation sites excluding steroid dienone is 2. The quantitative estimate of drug-likeness (QED) is 0.681. The Morgan fingerprint density at radius 2 is 1.35 bits per heavy atom. The van der Waals surface area contributed by atoms with Crippen LogP contribution < -0.4 is 5.73 Å². The monoisotopic (exact) mass is 466 g/mol. The summed E-state index contributed by atoms with van der Waals surface area (Å²) in [5.74, 6) is -1.12. The molecule has 26 heavy (non-hydrogen) atoms. The van der Waals surface area contributed by atoms with E-state index in [1.165, 1.54) is 0 Å². The smallest absolute Gasteiger partial charge is 0.191 e. The van der Waals surface area contributed by atoms with Crippen molar-refractivity contribution in [2.45, 2.75) is 11.8 Å². The summed E-state index contributed by atoms with van der Waals surface area (Å²) in [7, 11) is 0. The van der Waals surface area contributed by atoms with E-state index in [0.717, 1.165) is 20.1 Å². The summed E-state index contributed by atoms with van der Waals surface area (Å²) in [6, 6.07) is 21.3. The van der Waals surface area contributed by atoms with Crippen LogP contribution in [0.1, 0.15) is 23.0 Å². The second-order valence-electron chi connectivity index (χ2n) is 5.97. The highest BCUT2D eigenvalue weighted by Gasteiger charge is 2.56. The molecular weight excluding hydrogens is 456 g/mol. The number of nitriles is 3. The molecule has 0 spiro atoms. The standard InChI is InChI=1S/C20H12Br2N4/c21-15-7-3-1-5-12(15)17-14(9-23)19(26)20(10-24,11-25)18(17)13-6-2-4-8-16(13)22/h1-8,17-18H,26H2/t17-,18-/m1/s1. The fourth-order valence-corrected chi connectivity index (χ4v) is 4.64. The van der Waals surface area contributed by atoms with Crippen LogP contribution in [0, 0.1) is 39.4 Å². The van der Waals surface area contributed by atoms with Gasteiger partial charge in [0.2, 0.25) is 0 Å². The average molecular weight is 468 g/mol. The van der Waals surface area contributed by atoms with Crippen molar-refractivity contribution >= 4 is 31.9 Å². The molecule has 4 nitrogen and oxygen atoms in total. The van der Waals surface area contributed by atoms with Gasteiger partial charge in [0, 0.05) is 20.8 Å². The third-order valence-corrected chi connectivity index (χ3v) is 6.22. The van der Waals surface area contributed by atoms with Crippen molar-refractivity contribution in [2.75, 3.05) is 0 Å². The average Bonchev–Trinajstić information content (AvgIpc) is 2.90. The molecule has 126 valence electrons. The highest BCUT2D eigenvalue weighted by molar-refractivity contribution is 9.10. The Morgan fingerprint density at radius 1 is 0.846 bits per heavy atom. The summed E-state index contributed by atoms with van der Waals surface area (Å²) >= 11 is 7.06. The minimum atomic E-state index is -1.62. The van der Waals surface area contributed by atoms with Crippen molar-refractivity contribution in [3.05, 3.63) is 79.9 Å². The topological polar surface area (TPSA) is 97.4 Å². The number of nitrogens with zero attached hydrogens (tertiary/aromatic N) is 3. The van der Waals surface area contributed by atoms with Gasteiger partial charge in [-0.25, -0.2) is 0 Å². The van der Waals surface area contributed by atoms with Crippen LogP contribution >= 0.6 is 31.9 Å². The van der Waals surface area contributed by atoms with Crippen LogP contribution in [-0.2, 0) is 0 Å². The first-order valence-electron chi connectivity index (χ1n) is 7.73. The maximum atomic E-state index is 9.93. The van der Waals surface area contributed by atoms with Crippen LogP contribution in [-0.4, -0.2) is 0 Å². The third kappa shape index (κ3) is 2.53. The number of hydrogen-bond donors (Lipinski definition) is 1. The van der Waals surface area contributed by atoms with E-state index in [0.29, 0.717) is 0 Å². The van der Waals surface area contributed by atoms with E-state index in [4.69, 9.17) is 5.73 Å². The van der Waals surface area contributed by atoms with Gasteiger partial charge >= 0.3 is 0 Å². The lowest BCUT2D eigenvalue weighted by Crippen LogP contribution is -2.29. The first kappa shape index (κ1) is 18.2. The molecule has 0 unspecified atom stereocenters. The van der Waals surface area contributed by atoms with Crippen molar-refractivity contribution in [2.24, 2.45) is 11.1 Å². The normalized spacial score (nSPS) is 20.9. The van der Waals surface area contributed by atoms with Gasteiger partial charge < -0.3 is 5.73 Å². The van der Waals surface area contributed by atoms with Crippen LogP contribution in [0.5, 0.6) is 0 Å². The van der Waals surface area contributed by atoms with E-state index < -0.39 is 17.3 Å². The van der Waals surface area contributed by atoms with Crippen molar-refractivity contribution in [3.63, 3.8) is 0 Å². The second-order valence-corrected chi connectivity index (χ2v) is 7.68. The Morgan fingerprint density at radius 3 is 1.81 bits per heavy atom. The maximum absolute atomic E-state index is 9.93. The van der Waals surface area contributed by atoms with Gasteiger partial charge in [-0.3, -0.25) is 0 Å². The molecule has 2 aromatic rings. The van der Waals surface area contributed by atoms with E-state index in [9.17, 15) is 15.8 Å². The van der Waals surface area contributed by atoms with Gasteiger partial charge in [-0.2, -0.15) is 15.8 Å². The molecule has 0 fully saturated rings. The lowest BCUT2D eigenvalue weighted by Gasteiger charge is -2.29. The summed E-state index contributed by atoms with van der Waals surface area (Å²) in [6.07, 6.45) is 0. The SMILES string of the molecule is N#CC1=C(N)C(C#N)(C#N)[C@H](c2ccccc2Br)[C@@H]1c1ccccc1Br. The molecule has 1 aliphatic rings. The molecule has 0 heterocycles. The Balaban J connectivity index is 2.39. The molecule has 0 saturated heterocycles. The number of nitrogens with two attached hydrogens (primary N) is 1. The predicted octanol–water partition coefficient (Wildman–Crippen LogP) is 4.86. The summed E-state index contributed by atoms with van der Waals surface area (Å²) in [5, 5.41) is 29.7. The zero-order chi connectivity index (χ0) is 18.9. The Kier molecular flexibility index (Phi) is 4.88. The minimum absolute atomic E-state index is 0.0338. The zero-order valence-corrected chi connectivity index (χ0v) is 16.6. The van der Waals surface area contributed by atoms with Crippen molar-refractivity contribution < 1.29 is 0 Å². The molecule has 0 saturated carbocycles. The molecule has 0 amide bonds. The van der Waals surface area contributed by atoms with Gasteiger partial charge in [-0.05, 0) is 23.3 Å². The van der Waals surface area contributed by atoms with Crippen molar-refractivity contribution in [1.82, 2.24) is 0 Å². The first-order valence-corrected chi connectivity index (χ1v) is 9.32. The summed E-state index contributed by atoms with van der Waals surface area (Å²) in [5.41, 5.74) is 6.50. The van der Waals surface area contributed by atoms with E-state index >= 15 is 0 Å². The number of halogens is 2. The van der Waals surface area contributed by atoms with Crippen molar-refractivity contribution in [3.8, 4) is 18.2 Å². The molecule has 2 aromatic carbocycles. The Labute approximate surface area is 168 Å². The van der Waals surface area contributed by atoms with E-state index in [1.807, 2.05) is 48.5 Å². The van der Waals surface area contributed by atoms with E-state index in [1.54, 1.807) is 0 Å². The molecule has 3 rings (SSSR count). The zero-order valence-electron chi connectivity index (χ0n) is 13.4. The van der Waals surface area contributed by atoms with Gasteiger partial charge in [-0.1, -0.05) is 68.3 Å².